The molecule has 3 aromatic rings. The van der Waals surface area contributed by atoms with E-state index >= 15 is 0 Å². The molecule has 0 aliphatic carbocycles. The lowest BCUT2D eigenvalue weighted by molar-refractivity contribution is 0.227. The lowest BCUT2D eigenvalue weighted by Crippen LogP contribution is -2.35. The molecule has 0 saturated carbocycles. The molecule has 0 spiro atoms. The van der Waals surface area contributed by atoms with Crippen LogP contribution in [0.4, 0.5) is 0 Å². The quantitative estimate of drug-likeness (QED) is 0.598. The molecule has 0 bridgehead atoms. The third-order valence-electron chi connectivity index (χ3n) is 4.55. The van der Waals surface area contributed by atoms with Gasteiger partial charge >= 0.3 is 0 Å². The summed E-state index contributed by atoms with van der Waals surface area (Å²) in [6, 6.07) is 20.4. The Morgan fingerprint density at radius 2 is 1.85 bits per heavy atom. The maximum atomic E-state index is 6.25. The lowest BCUT2D eigenvalue weighted by atomic mass is 10.0. The van der Waals surface area contributed by atoms with Gasteiger partial charge in [-0.3, -0.25) is 4.98 Å². The summed E-state index contributed by atoms with van der Waals surface area (Å²) in [4.78, 5) is 7.90. The minimum absolute atomic E-state index is 0.0301. The zero-order valence-electron chi connectivity index (χ0n) is 15.2. The highest BCUT2D eigenvalue weighted by molar-refractivity contribution is 7.99. The molecule has 2 aromatic heterocycles. The summed E-state index contributed by atoms with van der Waals surface area (Å²) in [5.41, 5.74) is 0.960. The Morgan fingerprint density at radius 3 is 2.56 bits per heavy atom. The highest BCUT2D eigenvalue weighted by atomic mass is 32.2. The number of hydrogen-bond donors (Lipinski definition) is 1. The van der Waals surface area contributed by atoms with Crippen molar-refractivity contribution in [3.8, 4) is 0 Å². The number of nitrogens with one attached hydrogen (secondary N) is 1. The van der Waals surface area contributed by atoms with Crippen LogP contribution in [-0.2, 0) is 0 Å². The van der Waals surface area contributed by atoms with Gasteiger partial charge in [-0.15, -0.1) is 0 Å². The molecular weight excluding hydrogens is 374 g/mol. The molecular formula is C21H21N3OS2. The Labute approximate surface area is 169 Å². The third kappa shape index (κ3) is 3.73. The fourth-order valence-electron chi connectivity index (χ4n) is 3.38. The summed E-state index contributed by atoms with van der Waals surface area (Å²) in [5, 5.41) is 5.05. The van der Waals surface area contributed by atoms with Crippen molar-refractivity contribution in [1.82, 2.24) is 15.2 Å². The molecule has 1 fully saturated rings. The van der Waals surface area contributed by atoms with Crippen LogP contribution in [0.25, 0.3) is 0 Å². The smallest absolute Gasteiger partial charge is 0.170 e. The molecule has 1 saturated heterocycles. The van der Waals surface area contributed by atoms with Gasteiger partial charge in [-0.1, -0.05) is 36.0 Å². The average molecular weight is 396 g/mol. The van der Waals surface area contributed by atoms with Crippen molar-refractivity contribution >= 4 is 29.1 Å². The van der Waals surface area contributed by atoms with Gasteiger partial charge in [-0.2, -0.15) is 0 Å². The van der Waals surface area contributed by atoms with Gasteiger partial charge in [0.2, 0.25) is 0 Å². The molecule has 1 aliphatic heterocycles. The lowest BCUT2D eigenvalue weighted by Gasteiger charge is -2.29. The molecule has 0 amide bonds. The number of hydrogen-bond acceptors (Lipinski definition) is 4. The van der Waals surface area contributed by atoms with E-state index in [2.05, 4.69) is 47.2 Å². The highest BCUT2D eigenvalue weighted by Crippen LogP contribution is 2.42. The molecule has 4 nitrogen and oxygen atoms in total. The van der Waals surface area contributed by atoms with Crippen molar-refractivity contribution in [3.05, 3.63) is 78.3 Å². The molecule has 0 radical (unpaired) electrons. The van der Waals surface area contributed by atoms with Gasteiger partial charge in [0.15, 0.2) is 10.2 Å². The number of aromatic nitrogens is 1. The summed E-state index contributed by atoms with van der Waals surface area (Å²) >= 11 is 7.24. The Kier molecular flexibility index (Phi) is 5.18. The van der Waals surface area contributed by atoms with Crippen LogP contribution < -0.4 is 5.32 Å². The second-order valence-electron chi connectivity index (χ2n) is 6.70. The standard InChI is InChI=1S/C21H21N3OS2/c1-14(2)24-20(19(23-21(24)26)16-10-6-7-13-22-16)17-11-12-18(25-17)27-15-8-4-3-5-9-15/h3-14,19-20H,1-2H3,(H,23,26)/t19-,20+/m0/s1. The molecule has 0 unspecified atom stereocenters. The van der Waals surface area contributed by atoms with Gasteiger partial charge in [0.05, 0.1) is 11.7 Å². The third-order valence-corrected chi connectivity index (χ3v) is 5.80. The van der Waals surface area contributed by atoms with Crippen LogP contribution >= 0.6 is 24.0 Å². The highest BCUT2D eigenvalue weighted by Gasteiger charge is 2.42. The molecule has 4 rings (SSSR count). The van der Waals surface area contributed by atoms with Crippen molar-refractivity contribution < 1.29 is 4.42 Å². The maximum absolute atomic E-state index is 6.25. The molecule has 138 valence electrons. The van der Waals surface area contributed by atoms with Gasteiger partial charge in [0.1, 0.15) is 11.8 Å². The Hall–Kier alpha value is -2.31. The topological polar surface area (TPSA) is 41.3 Å². The van der Waals surface area contributed by atoms with Crippen LogP contribution in [-0.4, -0.2) is 21.0 Å². The van der Waals surface area contributed by atoms with E-state index in [4.69, 9.17) is 16.6 Å². The predicted octanol–water partition coefficient (Wildman–Crippen LogP) is 5.21. The van der Waals surface area contributed by atoms with Gasteiger partial charge < -0.3 is 14.6 Å². The summed E-state index contributed by atoms with van der Waals surface area (Å²) in [5.74, 6) is 0.894. The molecule has 2 atom stereocenters. The van der Waals surface area contributed by atoms with E-state index in [1.165, 1.54) is 0 Å². The van der Waals surface area contributed by atoms with E-state index in [1.807, 2.05) is 48.7 Å². The SMILES string of the molecule is CC(C)N1C(=S)N[C@@H](c2ccccn2)[C@H]1c1ccc(Sc2ccccc2)o1. The Bertz CT molecular complexity index is 911. The van der Waals surface area contributed by atoms with Crippen LogP contribution in [0.15, 0.2) is 81.3 Å². The van der Waals surface area contributed by atoms with Crippen LogP contribution in [0.2, 0.25) is 0 Å². The van der Waals surface area contributed by atoms with E-state index < -0.39 is 0 Å². The fourth-order valence-corrected chi connectivity index (χ4v) is 4.63. The number of pyridine rings is 1. The summed E-state index contributed by atoms with van der Waals surface area (Å²) in [6.45, 7) is 4.29. The maximum Gasteiger partial charge on any atom is 0.170 e. The Morgan fingerprint density at radius 1 is 1.07 bits per heavy atom. The first-order valence-electron chi connectivity index (χ1n) is 8.96. The number of benzene rings is 1. The van der Waals surface area contributed by atoms with Gasteiger partial charge in [0.25, 0.3) is 0 Å². The van der Waals surface area contributed by atoms with Crippen molar-refractivity contribution in [3.63, 3.8) is 0 Å². The van der Waals surface area contributed by atoms with E-state index in [-0.39, 0.29) is 18.1 Å². The summed E-state index contributed by atoms with van der Waals surface area (Å²) in [6.07, 6.45) is 1.81. The summed E-state index contributed by atoms with van der Waals surface area (Å²) < 4.78 is 6.25. The molecule has 1 aliphatic rings. The van der Waals surface area contributed by atoms with E-state index in [0.29, 0.717) is 0 Å². The predicted molar refractivity (Wildman–Crippen MR) is 112 cm³/mol. The van der Waals surface area contributed by atoms with Gasteiger partial charge in [0, 0.05) is 17.1 Å². The van der Waals surface area contributed by atoms with Crippen LogP contribution in [0, 0.1) is 0 Å². The van der Waals surface area contributed by atoms with Crippen LogP contribution in [0.1, 0.15) is 37.4 Å². The van der Waals surface area contributed by atoms with Gasteiger partial charge in [-0.05, 0) is 62.5 Å². The van der Waals surface area contributed by atoms with Crippen molar-refractivity contribution in [2.75, 3.05) is 0 Å². The first-order valence-corrected chi connectivity index (χ1v) is 10.2. The molecule has 27 heavy (non-hydrogen) atoms. The van der Waals surface area contributed by atoms with Crippen LogP contribution in [0.5, 0.6) is 0 Å². The van der Waals surface area contributed by atoms with Crippen molar-refractivity contribution in [2.24, 2.45) is 0 Å². The molecule has 6 heteroatoms. The monoisotopic (exact) mass is 395 g/mol. The second-order valence-corrected chi connectivity index (χ2v) is 8.16. The second kappa shape index (κ2) is 7.74. The normalized spacial score (nSPS) is 19.5. The minimum Gasteiger partial charge on any atom is -0.452 e. The fraction of sp³-hybridized carbons (Fsp3) is 0.238. The number of furan rings is 1. The average Bonchev–Trinajstić information content (AvgIpc) is 3.27. The number of thiocarbonyl (C=S) groups is 1. The van der Waals surface area contributed by atoms with E-state index in [9.17, 15) is 0 Å². The summed E-state index contributed by atoms with van der Waals surface area (Å²) in [7, 11) is 0. The Balaban J connectivity index is 1.66. The van der Waals surface area contributed by atoms with Crippen molar-refractivity contribution in [2.45, 2.75) is 42.0 Å². The van der Waals surface area contributed by atoms with E-state index in [1.54, 1.807) is 11.8 Å². The first kappa shape index (κ1) is 18.1. The molecule has 1 N–H and O–H groups in total. The number of rotatable bonds is 5. The first-order chi connectivity index (χ1) is 13.1. The van der Waals surface area contributed by atoms with Crippen molar-refractivity contribution in [1.29, 1.82) is 0 Å². The number of nitrogens with zero attached hydrogens (tertiary/aromatic N) is 2. The largest absolute Gasteiger partial charge is 0.452 e. The molecule has 3 heterocycles. The zero-order valence-corrected chi connectivity index (χ0v) is 16.8. The zero-order chi connectivity index (χ0) is 18.8. The van der Waals surface area contributed by atoms with E-state index in [0.717, 1.165) is 26.6 Å². The minimum atomic E-state index is -0.0400. The van der Waals surface area contributed by atoms with Crippen LogP contribution in [0.3, 0.4) is 0 Å². The molecule has 1 aromatic carbocycles. The van der Waals surface area contributed by atoms with Gasteiger partial charge in [-0.25, -0.2) is 0 Å².